The van der Waals surface area contributed by atoms with Crippen LogP contribution in [0.1, 0.15) is 36.1 Å². The van der Waals surface area contributed by atoms with Crippen LogP contribution in [0.3, 0.4) is 0 Å². The zero-order valence-corrected chi connectivity index (χ0v) is 26.3. The molecule has 5 rings (SSSR count). The highest BCUT2D eigenvalue weighted by molar-refractivity contribution is 6.03. The number of likely N-dealkylation sites (N-methyl/N-ethyl adjacent to an activating group) is 1. The molecule has 3 aromatic rings. The molecule has 2 fully saturated rings. The number of hydrogen-bond donors (Lipinski definition) is 2. The van der Waals surface area contributed by atoms with Gasteiger partial charge >= 0.3 is 12.4 Å². The molecule has 2 aromatic carbocycles. The molecule has 1 unspecified atom stereocenters. The van der Waals surface area contributed by atoms with Gasteiger partial charge in [-0.25, -0.2) is 9.37 Å². The van der Waals surface area contributed by atoms with E-state index in [9.17, 15) is 40.6 Å². The van der Waals surface area contributed by atoms with E-state index in [0.29, 0.717) is 60.8 Å². The largest absolute Gasteiger partial charge is 0.416 e. The fourth-order valence-electron chi connectivity index (χ4n) is 6.30. The second kappa shape index (κ2) is 12.7. The number of fused-ring (bicyclic) bond motifs is 1. The lowest BCUT2D eigenvalue weighted by molar-refractivity contribution is -0.143. The number of pyridine rings is 1. The maximum absolute atomic E-state index is 14.1. The SMILES string of the molecule is Cc1cc(F)ccc1-c1cc(N2CCN3C[C@H](CO)NCC3C2)ncc1N(C)C(=O)C(C)(C)c1cc(C(F)(F)F)cc(C(F)(F)F)c1. The highest BCUT2D eigenvalue weighted by atomic mass is 19.4. The normalized spacial score (nSPS) is 19.4. The number of piperazine rings is 2. The molecule has 0 aliphatic carbocycles. The molecule has 2 saturated heterocycles. The molecule has 1 amide bonds. The minimum atomic E-state index is -5.08. The molecule has 254 valence electrons. The average molecular weight is 668 g/mol. The number of nitrogens with zero attached hydrogens (tertiary/aromatic N) is 4. The van der Waals surface area contributed by atoms with Gasteiger partial charge in [-0.1, -0.05) is 6.07 Å². The summed E-state index contributed by atoms with van der Waals surface area (Å²) < 4.78 is 96.1. The van der Waals surface area contributed by atoms with Crippen LogP contribution in [-0.2, 0) is 22.6 Å². The number of aryl methyl sites for hydroxylation is 1. The molecule has 0 saturated carbocycles. The van der Waals surface area contributed by atoms with Crippen LogP contribution in [0, 0.1) is 12.7 Å². The van der Waals surface area contributed by atoms with Crippen LogP contribution in [0.4, 0.5) is 42.2 Å². The first-order chi connectivity index (χ1) is 21.9. The number of aliphatic hydroxyl groups is 1. The first-order valence-corrected chi connectivity index (χ1v) is 15.1. The van der Waals surface area contributed by atoms with Crippen LogP contribution < -0.4 is 15.1 Å². The fourth-order valence-corrected chi connectivity index (χ4v) is 6.30. The van der Waals surface area contributed by atoms with Gasteiger partial charge in [0.2, 0.25) is 5.91 Å². The third-order valence-electron chi connectivity index (χ3n) is 9.10. The van der Waals surface area contributed by atoms with E-state index in [-0.39, 0.29) is 30.4 Å². The van der Waals surface area contributed by atoms with Crippen molar-refractivity contribution in [3.8, 4) is 11.1 Å². The summed E-state index contributed by atoms with van der Waals surface area (Å²) in [5.74, 6) is -0.662. The van der Waals surface area contributed by atoms with Gasteiger partial charge in [-0.15, -0.1) is 0 Å². The Kier molecular flexibility index (Phi) is 9.34. The molecule has 14 heteroatoms. The molecule has 7 nitrogen and oxygen atoms in total. The summed E-state index contributed by atoms with van der Waals surface area (Å²) in [6, 6.07) is 7.23. The molecule has 47 heavy (non-hydrogen) atoms. The van der Waals surface area contributed by atoms with E-state index < -0.39 is 46.2 Å². The van der Waals surface area contributed by atoms with Gasteiger partial charge in [-0.2, -0.15) is 26.3 Å². The molecule has 2 aliphatic heterocycles. The molecule has 2 atom stereocenters. The minimum Gasteiger partial charge on any atom is -0.395 e. The number of carbonyl (C=O) groups excluding carboxylic acids is 1. The molecular formula is C33H36F7N5O2. The van der Waals surface area contributed by atoms with Gasteiger partial charge in [0, 0.05) is 57.4 Å². The summed E-state index contributed by atoms with van der Waals surface area (Å²) in [4.78, 5) is 24.2. The highest BCUT2D eigenvalue weighted by Gasteiger charge is 2.41. The van der Waals surface area contributed by atoms with Crippen molar-refractivity contribution in [2.75, 3.05) is 56.2 Å². The van der Waals surface area contributed by atoms with E-state index in [1.165, 1.54) is 44.1 Å². The van der Waals surface area contributed by atoms with Crippen molar-refractivity contribution < 1.29 is 40.6 Å². The van der Waals surface area contributed by atoms with Crippen LogP contribution >= 0.6 is 0 Å². The van der Waals surface area contributed by atoms with Crippen molar-refractivity contribution in [3.05, 3.63) is 76.7 Å². The second-order valence-electron chi connectivity index (χ2n) is 12.7. The van der Waals surface area contributed by atoms with Gasteiger partial charge in [-0.3, -0.25) is 9.69 Å². The summed E-state index contributed by atoms with van der Waals surface area (Å²) >= 11 is 0. The Morgan fingerprint density at radius 1 is 0.957 bits per heavy atom. The zero-order valence-electron chi connectivity index (χ0n) is 26.3. The van der Waals surface area contributed by atoms with Gasteiger partial charge in [-0.05, 0) is 73.9 Å². The molecule has 1 aromatic heterocycles. The molecular weight excluding hydrogens is 631 g/mol. The number of benzene rings is 2. The monoisotopic (exact) mass is 667 g/mol. The third-order valence-corrected chi connectivity index (χ3v) is 9.10. The maximum atomic E-state index is 14.1. The summed E-state index contributed by atoms with van der Waals surface area (Å²) in [6.45, 7) is 7.62. The molecule has 2 N–H and O–H groups in total. The van der Waals surface area contributed by atoms with Crippen molar-refractivity contribution in [2.45, 2.75) is 50.6 Å². The van der Waals surface area contributed by atoms with Gasteiger partial charge in [0.1, 0.15) is 11.6 Å². The summed E-state index contributed by atoms with van der Waals surface area (Å²) in [7, 11) is 1.38. The zero-order chi connectivity index (χ0) is 34.5. The second-order valence-corrected chi connectivity index (χ2v) is 12.7. The number of alkyl halides is 6. The maximum Gasteiger partial charge on any atom is 0.416 e. The topological polar surface area (TPSA) is 71.9 Å². The highest BCUT2D eigenvalue weighted by Crippen LogP contribution is 2.41. The van der Waals surface area contributed by atoms with Crippen molar-refractivity contribution in [3.63, 3.8) is 0 Å². The molecule has 0 spiro atoms. The van der Waals surface area contributed by atoms with Gasteiger partial charge in [0.15, 0.2) is 0 Å². The number of anilines is 2. The summed E-state index contributed by atoms with van der Waals surface area (Å²) in [5, 5.41) is 12.9. The van der Waals surface area contributed by atoms with Gasteiger partial charge < -0.3 is 20.2 Å². The smallest absolute Gasteiger partial charge is 0.395 e. The third kappa shape index (κ3) is 7.09. The molecule has 0 bridgehead atoms. The Morgan fingerprint density at radius 3 is 2.19 bits per heavy atom. The predicted molar refractivity (Wildman–Crippen MR) is 164 cm³/mol. The number of nitrogens with one attached hydrogen (secondary N) is 1. The van der Waals surface area contributed by atoms with E-state index in [4.69, 9.17) is 0 Å². The van der Waals surface area contributed by atoms with Crippen molar-refractivity contribution in [1.82, 2.24) is 15.2 Å². The van der Waals surface area contributed by atoms with Crippen LogP contribution in [0.25, 0.3) is 11.1 Å². The van der Waals surface area contributed by atoms with Crippen LogP contribution in [-0.4, -0.2) is 79.4 Å². The Bertz CT molecular complexity index is 1610. The number of rotatable bonds is 6. The number of carbonyl (C=O) groups is 1. The predicted octanol–water partition coefficient (Wildman–Crippen LogP) is 5.63. The lowest BCUT2D eigenvalue weighted by Gasteiger charge is -2.46. The van der Waals surface area contributed by atoms with Gasteiger partial charge in [0.25, 0.3) is 0 Å². The van der Waals surface area contributed by atoms with Crippen LogP contribution in [0.5, 0.6) is 0 Å². The van der Waals surface area contributed by atoms with E-state index >= 15 is 0 Å². The first-order valence-electron chi connectivity index (χ1n) is 15.1. The van der Waals surface area contributed by atoms with Crippen molar-refractivity contribution in [1.29, 1.82) is 0 Å². The van der Waals surface area contributed by atoms with Crippen molar-refractivity contribution >= 4 is 17.4 Å². The standard InChI is InChI=1S/C33H36F7N5O2/c1-19-9-23(34)5-6-26(19)27-13-29(45-8-7-44-16-24(18-46)41-14-25(44)17-45)42-15-28(27)43(4)30(47)31(2,3)20-10-21(32(35,36)37)12-22(11-20)33(38,39)40/h5-6,9-13,15,24-25,41,46H,7-8,14,16-18H2,1-4H3/t24-,25?/m1/s1. The molecule has 3 heterocycles. The summed E-state index contributed by atoms with van der Waals surface area (Å²) in [5.41, 5.74) is -3.46. The number of amides is 1. The minimum absolute atomic E-state index is 0.00317. The Balaban J connectivity index is 1.53. The lowest BCUT2D eigenvalue weighted by atomic mass is 9.81. The Labute approximate surface area is 268 Å². The van der Waals surface area contributed by atoms with E-state index in [1.54, 1.807) is 19.1 Å². The number of hydrogen-bond acceptors (Lipinski definition) is 6. The first kappa shape index (κ1) is 34.6. The number of halogens is 7. The van der Waals surface area contributed by atoms with Crippen LogP contribution in [0.2, 0.25) is 0 Å². The number of aliphatic hydroxyl groups excluding tert-OH is 1. The molecule has 0 radical (unpaired) electrons. The van der Waals surface area contributed by atoms with Gasteiger partial charge in [0.05, 0.1) is 35.0 Å². The van der Waals surface area contributed by atoms with Crippen molar-refractivity contribution in [2.24, 2.45) is 0 Å². The van der Waals surface area contributed by atoms with Crippen LogP contribution in [0.15, 0.2) is 48.7 Å². The summed E-state index contributed by atoms with van der Waals surface area (Å²) in [6.07, 6.45) is -8.70. The average Bonchev–Trinajstić information content (AvgIpc) is 3.02. The Hall–Kier alpha value is -3.75. The Morgan fingerprint density at radius 2 is 1.60 bits per heavy atom. The number of aromatic nitrogens is 1. The lowest BCUT2D eigenvalue weighted by Crippen LogP contribution is -2.64. The van der Waals surface area contributed by atoms with E-state index in [1.807, 2.05) is 0 Å². The fraction of sp³-hybridized carbons (Fsp3) is 0.455. The quantitative estimate of drug-likeness (QED) is 0.333. The van der Waals surface area contributed by atoms with E-state index in [2.05, 4.69) is 20.1 Å². The molecule has 2 aliphatic rings. The van der Waals surface area contributed by atoms with E-state index in [0.717, 1.165) is 6.54 Å².